The fourth-order valence-corrected chi connectivity index (χ4v) is 0. The highest BCUT2D eigenvalue weighted by atomic mass is 32.3. The summed E-state index contributed by atoms with van der Waals surface area (Å²) in [4.78, 5) is 0. The summed E-state index contributed by atoms with van der Waals surface area (Å²) in [6.07, 6.45) is 0. The maximum absolute atomic E-state index is 9.27. The molecular formula is CH3O4S-. The molecule has 0 atom stereocenters. The zero-order valence-electron chi connectivity index (χ0n) is 2.79. The second kappa shape index (κ2) is 1.55. The molecule has 4 nitrogen and oxygen atoms in total. The van der Waals surface area contributed by atoms with Crippen LogP contribution in [0.2, 0.25) is 0 Å². The minimum absolute atomic E-state index is 2.42. The molecule has 6 heavy (non-hydrogen) atoms. The molecule has 38 valence electrons. The van der Waals surface area contributed by atoms with Gasteiger partial charge >= 0.3 is 10.4 Å². The van der Waals surface area contributed by atoms with Gasteiger partial charge < -0.3 is 4.18 Å². The Bertz CT molecular complexity index is 110. The van der Waals surface area contributed by atoms with E-state index in [0.29, 0.717) is 0 Å². The SMILES string of the molecule is [CH2-]OS(=O)(=O)O. The third kappa shape index (κ3) is 3.87. The average molecular weight is 111 g/mol. The lowest BCUT2D eigenvalue weighted by Gasteiger charge is -1.92. The Morgan fingerprint density at radius 2 is 1.83 bits per heavy atom. The van der Waals surface area contributed by atoms with Crippen molar-refractivity contribution in [1.82, 2.24) is 0 Å². The molecule has 0 aromatic carbocycles. The summed E-state index contributed by atoms with van der Waals surface area (Å²) in [5.41, 5.74) is 0. The summed E-state index contributed by atoms with van der Waals surface area (Å²) in [5.74, 6) is 0. The van der Waals surface area contributed by atoms with Gasteiger partial charge in [-0.15, -0.1) is 0 Å². The van der Waals surface area contributed by atoms with E-state index in [2.05, 4.69) is 11.3 Å². The van der Waals surface area contributed by atoms with Crippen molar-refractivity contribution in [2.75, 3.05) is 0 Å². The highest BCUT2D eigenvalue weighted by Crippen LogP contribution is 1.77. The molecule has 0 unspecified atom stereocenters. The standard InChI is InChI=1S/CH3O4S/c1-5-6(2,3)4/h1H2,(H,2,3,4)/q-1. The zero-order chi connectivity index (χ0) is 5.21. The number of rotatable bonds is 1. The lowest BCUT2D eigenvalue weighted by molar-refractivity contribution is 0.352. The second-order valence-corrected chi connectivity index (χ2v) is 1.64. The van der Waals surface area contributed by atoms with Crippen LogP contribution in [-0.2, 0) is 14.6 Å². The van der Waals surface area contributed by atoms with Gasteiger partial charge in [0.25, 0.3) is 0 Å². The summed E-state index contributed by atoms with van der Waals surface area (Å²) < 4.78 is 29.3. The fraction of sp³-hybridized carbons (Fsp3) is 0. The van der Waals surface area contributed by atoms with Gasteiger partial charge in [-0.05, 0) is 0 Å². The summed E-state index contributed by atoms with van der Waals surface area (Å²) in [5, 5.41) is 0. The molecule has 0 saturated heterocycles. The van der Waals surface area contributed by atoms with Crippen LogP contribution in [0.4, 0.5) is 0 Å². The monoisotopic (exact) mass is 111 g/mol. The Labute approximate surface area is 35.7 Å². The van der Waals surface area contributed by atoms with Crippen LogP contribution in [0.5, 0.6) is 0 Å². The van der Waals surface area contributed by atoms with Gasteiger partial charge in [-0.1, -0.05) is 0 Å². The highest BCUT2D eigenvalue weighted by molar-refractivity contribution is 7.80. The normalized spacial score (nSPS) is 11.7. The van der Waals surface area contributed by atoms with Crippen molar-refractivity contribution >= 4 is 10.4 Å². The number of hydrogen-bond acceptors (Lipinski definition) is 3. The first-order chi connectivity index (χ1) is 2.56. The van der Waals surface area contributed by atoms with Gasteiger partial charge in [0.05, 0.1) is 0 Å². The highest BCUT2D eigenvalue weighted by Gasteiger charge is 1.87. The van der Waals surface area contributed by atoms with E-state index < -0.39 is 10.4 Å². The van der Waals surface area contributed by atoms with Crippen LogP contribution in [0.15, 0.2) is 0 Å². The first-order valence-corrected chi connectivity index (χ1v) is 2.34. The molecule has 0 amide bonds. The molecular weight excluding hydrogens is 108 g/mol. The predicted octanol–water partition coefficient (Wildman–Crippen LogP) is -0.403. The molecule has 0 heterocycles. The van der Waals surface area contributed by atoms with E-state index in [1.165, 1.54) is 0 Å². The summed E-state index contributed by atoms with van der Waals surface area (Å²) in [6.45, 7) is 0. The van der Waals surface area contributed by atoms with Crippen molar-refractivity contribution in [2.45, 2.75) is 0 Å². The number of hydrogen-bond donors (Lipinski definition) is 1. The molecule has 0 aliphatic heterocycles. The second-order valence-electron chi connectivity index (χ2n) is 0.546. The predicted molar refractivity (Wildman–Crippen MR) is 18.0 cm³/mol. The molecule has 0 fully saturated rings. The van der Waals surface area contributed by atoms with E-state index in [9.17, 15) is 8.42 Å². The topological polar surface area (TPSA) is 63.6 Å². The van der Waals surface area contributed by atoms with Crippen molar-refractivity contribution in [2.24, 2.45) is 0 Å². The van der Waals surface area contributed by atoms with Gasteiger partial charge in [0.2, 0.25) is 0 Å². The van der Waals surface area contributed by atoms with Gasteiger partial charge in [-0.25, -0.2) is 7.11 Å². The quantitative estimate of drug-likeness (QED) is 0.369. The summed E-state index contributed by atoms with van der Waals surface area (Å²) in [7, 11) is -1.85. The van der Waals surface area contributed by atoms with Crippen LogP contribution in [0, 0.1) is 7.11 Å². The van der Waals surface area contributed by atoms with Gasteiger partial charge in [0.15, 0.2) is 0 Å². The van der Waals surface area contributed by atoms with E-state index in [-0.39, 0.29) is 0 Å². The Morgan fingerprint density at radius 3 is 1.83 bits per heavy atom. The van der Waals surface area contributed by atoms with Crippen LogP contribution >= 0.6 is 0 Å². The van der Waals surface area contributed by atoms with Crippen LogP contribution in [-0.4, -0.2) is 13.0 Å². The van der Waals surface area contributed by atoms with Crippen LogP contribution in [0.1, 0.15) is 0 Å². The van der Waals surface area contributed by atoms with Gasteiger partial charge in [0.1, 0.15) is 0 Å². The average Bonchev–Trinajstić information content (AvgIpc) is 1.35. The first kappa shape index (κ1) is 5.87. The Kier molecular flexibility index (Phi) is 1.51. The molecule has 0 saturated carbocycles. The maximum atomic E-state index is 9.27. The lowest BCUT2D eigenvalue weighted by Crippen LogP contribution is -1.95. The Hall–Kier alpha value is -0.130. The molecule has 0 radical (unpaired) electrons. The first-order valence-electron chi connectivity index (χ1n) is 0.971. The molecule has 0 aromatic rings. The van der Waals surface area contributed by atoms with Gasteiger partial charge in [-0.3, -0.25) is 4.55 Å². The minimum Gasteiger partial charge on any atom is -0.428 e. The maximum Gasteiger partial charge on any atom is 0.367 e. The lowest BCUT2D eigenvalue weighted by atomic mass is 11.8. The third-order valence-corrected chi connectivity index (χ3v) is 0.447. The van der Waals surface area contributed by atoms with E-state index in [0.717, 1.165) is 0 Å². The third-order valence-electron chi connectivity index (χ3n) is 0.149. The van der Waals surface area contributed by atoms with Crippen molar-refractivity contribution in [3.8, 4) is 0 Å². The van der Waals surface area contributed by atoms with Crippen molar-refractivity contribution in [3.63, 3.8) is 0 Å². The minimum atomic E-state index is -4.27. The largest absolute Gasteiger partial charge is 0.428 e. The Morgan fingerprint density at radius 1 is 1.67 bits per heavy atom. The van der Waals surface area contributed by atoms with Crippen molar-refractivity contribution < 1.29 is 17.2 Å². The molecule has 5 heteroatoms. The smallest absolute Gasteiger partial charge is 0.367 e. The summed E-state index contributed by atoms with van der Waals surface area (Å²) in [6, 6.07) is 0. The molecule has 0 aliphatic carbocycles. The molecule has 0 rings (SSSR count). The van der Waals surface area contributed by atoms with E-state index in [1.807, 2.05) is 0 Å². The van der Waals surface area contributed by atoms with Crippen molar-refractivity contribution in [3.05, 3.63) is 7.11 Å². The molecule has 0 aliphatic rings. The molecule has 0 spiro atoms. The van der Waals surface area contributed by atoms with E-state index in [4.69, 9.17) is 4.55 Å². The van der Waals surface area contributed by atoms with Crippen molar-refractivity contribution in [1.29, 1.82) is 0 Å². The van der Waals surface area contributed by atoms with Crippen LogP contribution in [0.25, 0.3) is 0 Å². The van der Waals surface area contributed by atoms with Gasteiger partial charge in [-0.2, -0.15) is 8.42 Å². The van der Waals surface area contributed by atoms with Crippen LogP contribution in [0.3, 0.4) is 0 Å². The molecule has 1 N–H and O–H groups in total. The van der Waals surface area contributed by atoms with Gasteiger partial charge in [0, 0.05) is 0 Å². The Balaban J connectivity index is 3.85. The zero-order valence-corrected chi connectivity index (χ0v) is 3.60. The molecule has 0 aromatic heterocycles. The fourth-order valence-electron chi connectivity index (χ4n) is 0. The van der Waals surface area contributed by atoms with E-state index >= 15 is 0 Å². The van der Waals surface area contributed by atoms with E-state index in [1.54, 1.807) is 0 Å². The molecule has 0 bridgehead atoms. The summed E-state index contributed by atoms with van der Waals surface area (Å²) >= 11 is 0. The van der Waals surface area contributed by atoms with Crippen LogP contribution < -0.4 is 0 Å².